The lowest BCUT2D eigenvalue weighted by Gasteiger charge is -2.20. The number of nitrogens with one attached hydrogen (secondary N) is 2. The van der Waals surface area contributed by atoms with Crippen LogP contribution in [-0.4, -0.2) is 39.0 Å². The maximum Gasteiger partial charge on any atom is 0.407 e. The van der Waals surface area contributed by atoms with E-state index in [1.165, 1.54) is 0 Å². The summed E-state index contributed by atoms with van der Waals surface area (Å²) in [4.78, 5) is 0. The number of halogens is 3. The van der Waals surface area contributed by atoms with Crippen LogP contribution in [0.5, 0.6) is 0 Å². The Balaban J connectivity index is 2.45. The summed E-state index contributed by atoms with van der Waals surface area (Å²) >= 11 is 0. The molecule has 1 saturated carbocycles. The lowest BCUT2D eigenvalue weighted by atomic mass is 10.3. The normalized spacial score (nSPS) is 19.3. The molecule has 17 heavy (non-hydrogen) atoms. The number of sulfonamides is 1. The van der Waals surface area contributed by atoms with Crippen LogP contribution in [0.25, 0.3) is 0 Å². The van der Waals surface area contributed by atoms with E-state index in [9.17, 15) is 21.6 Å². The lowest BCUT2D eigenvalue weighted by molar-refractivity contribution is -0.160. The molecule has 0 bridgehead atoms. The van der Waals surface area contributed by atoms with Crippen LogP contribution in [0.15, 0.2) is 0 Å². The predicted octanol–water partition coefficient (Wildman–Crippen LogP) is 1.00. The first-order chi connectivity index (χ1) is 7.72. The van der Waals surface area contributed by atoms with E-state index in [2.05, 4.69) is 5.32 Å². The molecule has 0 saturated heterocycles. The summed E-state index contributed by atoms with van der Waals surface area (Å²) in [5.41, 5.74) is -2.20. The fraction of sp³-hybridized carbons (Fsp3) is 1.00. The first-order valence-electron chi connectivity index (χ1n) is 5.51. The first kappa shape index (κ1) is 14.7. The van der Waals surface area contributed by atoms with E-state index in [-0.39, 0.29) is 25.1 Å². The zero-order valence-corrected chi connectivity index (χ0v) is 10.4. The fourth-order valence-electron chi connectivity index (χ4n) is 1.43. The van der Waals surface area contributed by atoms with Gasteiger partial charge in [-0.1, -0.05) is 6.92 Å². The Morgan fingerprint density at radius 3 is 2.24 bits per heavy atom. The van der Waals surface area contributed by atoms with Crippen LogP contribution in [0.1, 0.15) is 26.2 Å². The van der Waals surface area contributed by atoms with Gasteiger partial charge < -0.3 is 5.32 Å². The van der Waals surface area contributed by atoms with E-state index in [0.717, 1.165) is 6.42 Å². The van der Waals surface area contributed by atoms with Gasteiger partial charge in [-0.3, -0.25) is 0 Å². The molecule has 0 amide bonds. The summed E-state index contributed by atoms with van der Waals surface area (Å²) in [6, 6.07) is 0. The summed E-state index contributed by atoms with van der Waals surface area (Å²) < 4.78 is 62.2. The third kappa shape index (κ3) is 4.11. The summed E-state index contributed by atoms with van der Waals surface area (Å²) in [5, 5.41) is 2.84. The standard InChI is InChI=1S/C9H17F3N2O2S/c1-2-5-13-6-7-17(15,16)14-8(3-4-8)9(10,11)12/h13-14H,2-7H2,1H3. The molecule has 102 valence electrons. The van der Waals surface area contributed by atoms with Crippen LogP contribution in [0.4, 0.5) is 13.2 Å². The van der Waals surface area contributed by atoms with Gasteiger partial charge in [-0.05, 0) is 25.8 Å². The van der Waals surface area contributed by atoms with Crippen LogP contribution >= 0.6 is 0 Å². The van der Waals surface area contributed by atoms with Gasteiger partial charge in [0.15, 0.2) is 0 Å². The summed E-state index contributed by atoms with van der Waals surface area (Å²) in [6.07, 6.45) is -3.99. The summed E-state index contributed by atoms with van der Waals surface area (Å²) in [7, 11) is -3.87. The largest absolute Gasteiger partial charge is 0.407 e. The lowest BCUT2D eigenvalue weighted by Crippen LogP contribution is -2.49. The zero-order valence-electron chi connectivity index (χ0n) is 9.60. The molecular weight excluding hydrogens is 257 g/mol. The molecule has 0 spiro atoms. The van der Waals surface area contributed by atoms with E-state index in [4.69, 9.17) is 0 Å². The molecule has 8 heteroatoms. The van der Waals surface area contributed by atoms with Gasteiger partial charge >= 0.3 is 6.18 Å². The van der Waals surface area contributed by atoms with Gasteiger partial charge in [0.25, 0.3) is 0 Å². The van der Waals surface area contributed by atoms with Crippen molar-refractivity contribution in [3.8, 4) is 0 Å². The highest BCUT2D eigenvalue weighted by Gasteiger charge is 2.65. The molecule has 0 unspecified atom stereocenters. The molecular formula is C9H17F3N2O2S. The van der Waals surface area contributed by atoms with Gasteiger partial charge in [0.2, 0.25) is 10.0 Å². The average molecular weight is 274 g/mol. The third-order valence-corrected chi connectivity index (χ3v) is 4.06. The molecule has 2 N–H and O–H groups in total. The predicted molar refractivity (Wildman–Crippen MR) is 58.1 cm³/mol. The molecule has 0 atom stereocenters. The minimum atomic E-state index is -4.50. The monoisotopic (exact) mass is 274 g/mol. The maximum atomic E-state index is 12.5. The van der Waals surface area contributed by atoms with Crippen molar-refractivity contribution in [1.29, 1.82) is 0 Å². The molecule has 1 aliphatic rings. The molecule has 1 rings (SSSR count). The van der Waals surface area contributed by atoms with Crippen LogP contribution < -0.4 is 10.0 Å². The maximum absolute atomic E-state index is 12.5. The fourth-order valence-corrected chi connectivity index (χ4v) is 2.86. The Hall–Kier alpha value is -0.340. The van der Waals surface area contributed by atoms with Gasteiger partial charge in [0.1, 0.15) is 5.54 Å². The van der Waals surface area contributed by atoms with Crippen LogP contribution in [0.2, 0.25) is 0 Å². The van der Waals surface area contributed by atoms with Crippen molar-refractivity contribution in [3.63, 3.8) is 0 Å². The third-order valence-electron chi connectivity index (χ3n) is 2.62. The number of alkyl halides is 3. The molecule has 0 aromatic rings. The molecule has 1 aliphatic carbocycles. The Kier molecular flexibility index (Phi) is 4.43. The van der Waals surface area contributed by atoms with Crippen LogP contribution in [-0.2, 0) is 10.0 Å². The van der Waals surface area contributed by atoms with E-state index in [0.29, 0.717) is 6.54 Å². The van der Waals surface area contributed by atoms with Crippen LogP contribution in [0.3, 0.4) is 0 Å². The van der Waals surface area contributed by atoms with Crippen molar-refractivity contribution in [1.82, 2.24) is 10.0 Å². The number of hydrogen-bond donors (Lipinski definition) is 2. The Morgan fingerprint density at radius 1 is 1.24 bits per heavy atom. The number of hydrogen-bond acceptors (Lipinski definition) is 3. The highest BCUT2D eigenvalue weighted by molar-refractivity contribution is 7.89. The van der Waals surface area contributed by atoms with Crippen molar-refractivity contribution >= 4 is 10.0 Å². The summed E-state index contributed by atoms with van der Waals surface area (Å²) in [6.45, 7) is 2.74. The Bertz CT molecular complexity index is 350. The van der Waals surface area contributed by atoms with Crippen molar-refractivity contribution in [2.75, 3.05) is 18.8 Å². The Labute approximate surface area is 99.0 Å². The van der Waals surface area contributed by atoms with Crippen molar-refractivity contribution in [2.24, 2.45) is 0 Å². The highest BCUT2D eigenvalue weighted by atomic mass is 32.2. The van der Waals surface area contributed by atoms with Gasteiger partial charge in [-0.15, -0.1) is 0 Å². The van der Waals surface area contributed by atoms with Gasteiger partial charge in [0.05, 0.1) is 5.75 Å². The molecule has 0 aromatic carbocycles. The van der Waals surface area contributed by atoms with Crippen molar-refractivity contribution in [3.05, 3.63) is 0 Å². The van der Waals surface area contributed by atoms with E-state index >= 15 is 0 Å². The zero-order chi connectivity index (χ0) is 13.2. The highest BCUT2D eigenvalue weighted by Crippen LogP contribution is 2.49. The number of rotatable bonds is 7. The van der Waals surface area contributed by atoms with Gasteiger partial charge in [-0.25, -0.2) is 8.42 Å². The molecule has 0 aromatic heterocycles. The van der Waals surface area contributed by atoms with Gasteiger partial charge in [-0.2, -0.15) is 17.9 Å². The average Bonchev–Trinajstić information content (AvgIpc) is 2.92. The second kappa shape index (κ2) is 5.11. The van der Waals surface area contributed by atoms with E-state index in [1.807, 2.05) is 6.92 Å². The SMILES string of the molecule is CCCNCCS(=O)(=O)NC1(C(F)(F)F)CC1. The minimum absolute atomic E-state index is 0.164. The molecule has 4 nitrogen and oxygen atoms in total. The second-order valence-electron chi connectivity index (χ2n) is 4.25. The van der Waals surface area contributed by atoms with Gasteiger partial charge in [0, 0.05) is 6.54 Å². The molecule has 0 radical (unpaired) electrons. The van der Waals surface area contributed by atoms with E-state index in [1.54, 1.807) is 4.72 Å². The topological polar surface area (TPSA) is 58.2 Å². The quantitative estimate of drug-likeness (QED) is 0.681. The smallest absolute Gasteiger partial charge is 0.316 e. The van der Waals surface area contributed by atoms with Crippen LogP contribution in [0, 0.1) is 0 Å². The summed E-state index contributed by atoms with van der Waals surface area (Å²) in [5.74, 6) is -0.329. The minimum Gasteiger partial charge on any atom is -0.316 e. The van der Waals surface area contributed by atoms with Crippen molar-refractivity contribution < 1.29 is 21.6 Å². The second-order valence-corrected chi connectivity index (χ2v) is 6.09. The first-order valence-corrected chi connectivity index (χ1v) is 7.17. The molecule has 1 fully saturated rings. The van der Waals surface area contributed by atoms with Crippen molar-refractivity contribution in [2.45, 2.75) is 37.9 Å². The molecule has 0 aliphatic heterocycles. The Morgan fingerprint density at radius 2 is 1.82 bits per heavy atom. The molecule has 0 heterocycles. The van der Waals surface area contributed by atoms with E-state index < -0.39 is 21.7 Å².